The van der Waals surface area contributed by atoms with E-state index in [4.69, 9.17) is 11.6 Å². The van der Waals surface area contributed by atoms with Gasteiger partial charge >= 0.3 is 5.97 Å². The largest absolute Gasteiger partial charge is 0.481 e. The number of benzene rings is 2. The minimum absolute atomic E-state index is 0.142. The lowest BCUT2D eigenvalue weighted by Crippen LogP contribution is -2.55. The maximum Gasteiger partial charge on any atom is 0.305 e. The molecule has 12 heteroatoms. The number of fused-ring (bicyclic) bond motifs is 1. The first-order valence-corrected chi connectivity index (χ1v) is 14.7. The lowest BCUT2D eigenvalue weighted by molar-refractivity contribution is -0.142. The van der Waals surface area contributed by atoms with Gasteiger partial charge in [0.15, 0.2) is 14.6 Å². The molecule has 0 bridgehead atoms. The highest BCUT2D eigenvalue weighted by Crippen LogP contribution is 2.24. The molecule has 3 aromatic rings. The summed E-state index contributed by atoms with van der Waals surface area (Å²) in [5.74, 6) is -1.70. The quantitative estimate of drug-likeness (QED) is 0.450. The van der Waals surface area contributed by atoms with E-state index >= 15 is 0 Å². The van der Waals surface area contributed by atoms with Crippen LogP contribution in [0.2, 0.25) is 5.02 Å². The normalized spacial score (nSPS) is 17.4. The zero-order valence-electron chi connectivity index (χ0n) is 20.6. The second-order valence-electron chi connectivity index (χ2n) is 9.09. The summed E-state index contributed by atoms with van der Waals surface area (Å²) < 4.78 is 28.0. The van der Waals surface area contributed by atoms with Crippen molar-refractivity contribution < 1.29 is 23.1 Å². The van der Waals surface area contributed by atoms with Gasteiger partial charge in [0.25, 0.3) is 0 Å². The number of amides is 1. The molecule has 9 nitrogen and oxygen atoms in total. The van der Waals surface area contributed by atoms with Crippen molar-refractivity contribution in [1.29, 1.82) is 0 Å². The first kappa shape index (κ1) is 27.3. The van der Waals surface area contributed by atoms with Crippen LogP contribution in [0.4, 0.5) is 0 Å². The van der Waals surface area contributed by atoms with Crippen LogP contribution in [0.25, 0.3) is 10.8 Å². The standard InChI is InChI=1S/C25H29ClN4O5S2/c1-27-25-28(2)21(16-36-25)15-29-8-9-30(20(14-29)13-24(32)33)23(31)7-10-37(34,35)22-6-4-17-11-19(26)5-3-18(17)12-22/h3-6,11-12,16,20H,7-10,13-15H2,1-2H3,(H,32,33). The van der Waals surface area contributed by atoms with Gasteiger partial charge in [-0.1, -0.05) is 23.7 Å². The monoisotopic (exact) mass is 564 g/mol. The smallest absolute Gasteiger partial charge is 0.305 e. The minimum Gasteiger partial charge on any atom is -0.481 e. The number of nitrogens with zero attached hydrogens (tertiary/aromatic N) is 4. The first-order chi connectivity index (χ1) is 17.6. The predicted molar refractivity (Wildman–Crippen MR) is 143 cm³/mol. The molecule has 1 atom stereocenters. The van der Waals surface area contributed by atoms with E-state index in [9.17, 15) is 23.1 Å². The average Bonchev–Trinajstić information content (AvgIpc) is 3.21. The second-order valence-corrected chi connectivity index (χ2v) is 12.5. The van der Waals surface area contributed by atoms with Crippen LogP contribution < -0.4 is 4.80 Å². The van der Waals surface area contributed by atoms with Gasteiger partial charge in [-0.05, 0) is 35.0 Å². The van der Waals surface area contributed by atoms with E-state index in [1.165, 1.54) is 22.3 Å². The fraction of sp³-hybridized carbons (Fsp3) is 0.400. The molecule has 0 spiro atoms. The molecule has 37 heavy (non-hydrogen) atoms. The lowest BCUT2D eigenvalue weighted by Gasteiger charge is -2.41. The molecule has 4 rings (SSSR count). The topological polar surface area (TPSA) is 112 Å². The van der Waals surface area contributed by atoms with Gasteiger partial charge in [0.2, 0.25) is 5.91 Å². The van der Waals surface area contributed by atoms with E-state index in [-0.39, 0.29) is 29.4 Å². The van der Waals surface area contributed by atoms with Crippen LogP contribution in [0.15, 0.2) is 51.7 Å². The molecule has 0 radical (unpaired) electrons. The van der Waals surface area contributed by atoms with Crippen molar-refractivity contribution in [1.82, 2.24) is 14.4 Å². The highest BCUT2D eigenvalue weighted by molar-refractivity contribution is 7.91. The van der Waals surface area contributed by atoms with Crippen molar-refractivity contribution >= 4 is 55.4 Å². The predicted octanol–water partition coefficient (Wildman–Crippen LogP) is 2.78. The summed E-state index contributed by atoms with van der Waals surface area (Å²) in [6, 6.07) is 9.48. The Balaban J connectivity index is 1.43. The molecule has 2 aromatic carbocycles. The number of piperazine rings is 1. The number of carboxylic acids is 1. The number of carboxylic acid groups (broad SMARTS) is 1. The summed E-state index contributed by atoms with van der Waals surface area (Å²) in [5.41, 5.74) is 1.06. The molecule has 1 N–H and O–H groups in total. The Morgan fingerprint density at radius 2 is 1.89 bits per heavy atom. The highest BCUT2D eigenvalue weighted by Gasteiger charge is 2.33. The van der Waals surface area contributed by atoms with Crippen molar-refractivity contribution in [2.75, 3.05) is 32.4 Å². The number of hydrogen-bond donors (Lipinski definition) is 1. The van der Waals surface area contributed by atoms with Crippen LogP contribution in [0.3, 0.4) is 0 Å². The van der Waals surface area contributed by atoms with E-state index in [0.29, 0.717) is 31.2 Å². The molecule has 1 aliphatic rings. The Labute approximate surface area is 224 Å². The molecule has 1 unspecified atom stereocenters. The van der Waals surface area contributed by atoms with Crippen LogP contribution >= 0.6 is 22.9 Å². The number of halogens is 1. The number of aromatic nitrogens is 1. The summed E-state index contributed by atoms with van der Waals surface area (Å²) in [5, 5.41) is 13.6. The maximum atomic E-state index is 13.1. The van der Waals surface area contributed by atoms with Crippen LogP contribution in [0.1, 0.15) is 18.5 Å². The van der Waals surface area contributed by atoms with Gasteiger partial charge in [0.1, 0.15) is 0 Å². The number of rotatable bonds is 8. The van der Waals surface area contributed by atoms with Crippen LogP contribution in [0, 0.1) is 0 Å². The first-order valence-electron chi connectivity index (χ1n) is 11.8. The zero-order valence-corrected chi connectivity index (χ0v) is 23.0. The highest BCUT2D eigenvalue weighted by atomic mass is 35.5. The number of thiazole rings is 1. The fourth-order valence-corrected chi connectivity index (χ4v) is 6.91. The van der Waals surface area contributed by atoms with E-state index in [2.05, 4.69) is 9.89 Å². The SMILES string of the molecule is CN=c1scc(CN2CCN(C(=O)CCS(=O)(=O)c3ccc4cc(Cl)ccc4c3)C(CC(=O)O)C2)n1C. The lowest BCUT2D eigenvalue weighted by atomic mass is 10.1. The Hall–Kier alpha value is -2.73. The Bertz CT molecular complexity index is 1500. The second kappa shape index (κ2) is 11.3. The molecule has 2 heterocycles. The summed E-state index contributed by atoms with van der Waals surface area (Å²) in [4.78, 5) is 33.6. The van der Waals surface area contributed by atoms with E-state index in [1.54, 1.807) is 37.4 Å². The Morgan fingerprint density at radius 3 is 2.59 bits per heavy atom. The number of hydrogen-bond acceptors (Lipinski definition) is 7. The molecule has 1 amide bonds. The summed E-state index contributed by atoms with van der Waals surface area (Å²) in [6.07, 6.45) is -0.411. The molecule has 1 aromatic heterocycles. The molecule has 0 aliphatic carbocycles. The Morgan fingerprint density at radius 1 is 1.16 bits per heavy atom. The molecule has 1 saturated heterocycles. The van der Waals surface area contributed by atoms with Gasteiger partial charge in [-0.2, -0.15) is 0 Å². The summed E-state index contributed by atoms with van der Waals surface area (Å²) in [6.45, 7) is 1.91. The number of sulfone groups is 1. The van der Waals surface area contributed by atoms with Crippen LogP contribution in [0.5, 0.6) is 0 Å². The minimum atomic E-state index is -3.71. The van der Waals surface area contributed by atoms with Crippen molar-refractivity contribution in [3.63, 3.8) is 0 Å². The van der Waals surface area contributed by atoms with Crippen molar-refractivity contribution in [3.8, 4) is 0 Å². The van der Waals surface area contributed by atoms with Crippen molar-refractivity contribution in [2.45, 2.75) is 30.3 Å². The third-order valence-corrected chi connectivity index (χ3v) is 9.62. The molecule has 198 valence electrons. The zero-order chi connectivity index (χ0) is 26.7. The van der Waals surface area contributed by atoms with E-state index in [1.807, 2.05) is 17.0 Å². The van der Waals surface area contributed by atoms with Gasteiger partial charge < -0.3 is 14.6 Å². The molecular weight excluding hydrogens is 536 g/mol. The number of aliphatic carboxylic acids is 1. The van der Waals surface area contributed by atoms with Crippen LogP contribution in [-0.4, -0.2) is 78.2 Å². The van der Waals surface area contributed by atoms with Gasteiger partial charge in [0.05, 0.1) is 23.1 Å². The average molecular weight is 565 g/mol. The fourth-order valence-electron chi connectivity index (χ4n) is 4.62. The molecule has 1 fully saturated rings. The summed E-state index contributed by atoms with van der Waals surface area (Å²) >= 11 is 7.55. The van der Waals surface area contributed by atoms with Gasteiger partial charge in [-0.3, -0.25) is 19.5 Å². The van der Waals surface area contributed by atoms with E-state index < -0.39 is 21.8 Å². The summed E-state index contributed by atoms with van der Waals surface area (Å²) in [7, 11) is -0.0368. The molecule has 0 saturated carbocycles. The third kappa shape index (κ3) is 6.40. The van der Waals surface area contributed by atoms with Gasteiger partial charge in [-0.25, -0.2) is 8.42 Å². The van der Waals surface area contributed by atoms with Crippen LogP contribution in [-0.2, 0) is 33.0 Å². The van der Waals surface area contributed by atoms with Crippen molar-refractivity contribution in [2.24, 2.45) is 12.0 Å². The molecular formula is C25H29ClN4O5S2. The van der Waals surface area contributed by atoms with Gasteiger partial charge in [0, 0.05) is 62.8 Å². The van der Waals surface area contributed by atoms with Gasteiger partial charge in [-0.15, -0.1) is 11.3 Å². The maximum absolute atomic E-state index is 13.1. The molecule has 1 aliphatic heterocycles. The number of carbonyl (C=O) groups is 2. The van der Waals surface area contributed by atoms with E-state index in [0.717, 1.165) is 21.3 Å². The Kier molecular flexibility index (Phi) is 8.37. The van der Waals surface area contributed by atoms with Crippen molar-refractivity contribution in [3.05, 3.63) is 57.3 Å². The third-order valence-electron chi connectivity index (χ3n) is 6.61. The number of carbonyl (C=O) groups excluding carboxylic acids is 1.